The smallest absolute Gasteiger partial charge is 0.246 e. The zero-order valence-electron chi connectivity index (χ0n) is 15.3. The summed E-state index contributed by atoms with van der Waals surface area (Å²) in [6.07, 6.45) is 1.08. The summed E-state index contributed by atoms with van der Waals surface area (Å²) in [6.45, 7) is 3.97. The lowest BCUT2D eigenvalue weighted by molar-refractivity contribution is -0.131. The lowest BCUT2D eigenvalue weighted by atomic mass is 10.1. The van der Waals surface area contributed by atoms with Gasteiger partial charge >= 0.3 is 0 Å². The van der Waals surface area contributed by atoms with E-state index in [4.69, 9.17) is 11.6 Å². The minimum absolute atomic E-state index is 0.295. The summed E-state index contributed by atoms with van der Waals surface area (Å²) < 4.78 is 25.7. The van der Waals surface area contributed by atoms with Crippen LogP contribution in [0.25, 0.3) is 0 Å². The van der Waals surface area contributed by atoms with Gasteiger partial charge in [-0.25, -0.2) is 8.42 Å². The Morgan fingerprint density at radius 1 is 1.15 bits per heavy atom. The van der Waals surface area contributed by atoms with Gasteiger partial charge in [0.05, 0.1) is 11.9 Å². The Morgan fingerprint density at radius 2 is 1.77 bits per heavy atom. The number of carbonyl (C=O) groups is 1. The molecule has 0 heterocycles. The zero-order valence-corrected chi connectivity index (χ0v) is 16.9. The van der Waals surface area contributed by atoms with E-state index in [0.29, 0.717) is 17.3 Å². The Morgan fingerprint density at radius 3 is 2.31 bits per heavy atom. The van der Waals surface area contributed by atoms with Crippen LogP contribution < -0.4 is 4.31 Å². The van der Waals surface area contributed by atoms with Crippen molar-refractivity contribution in [3.63, 3.8) is 0 Å². The number of hydrogen-bond acceptors (Lipinski definition) is 3. The molecule has 0 aromatic heterocycles. The molecule has 1 amide bonds. The molecule has 1 unspecified atom stereocenters. The molecule has 0 saturated heterocycles. The molecule has 2 aromatic carbocycles. The molecule has 0 N–H and O–H groups in total. The molecule has 2 aromatic rings. The highest BCUT2D eigenvalue weighted by atomic mass is 35.5. The van der Waals surface area contributed by atoms with Crippen LogP contribution >= 0.6 is 11.6 Å². The molecule has 0 aliphatic heterocycles. The first-order chi connectivity index (χ1) is 12.1. The largest absolute Gasteiger partial charge is 0.340 e. The Bertz CT molecular complexity index is 882. The van der Waals surface area contributed by atoms with Crippen molar-refractivity contribution in [2.45, 2.75) is 26.4 Å². The summed E-state index contributed by atoms with van der Waals surface area (Å²) >= 11 is 5.99. The number of aryl methyl sites for hydroxylation is 1. The highest BCUT2D eigenvalue weighted by Gasteiger charge is 2.31. The molecule has 0 bridgehead atoms. The average molecular weight is 395 g/mol. The lowest BCUT2D eigenvalue weighted by Crippen LogP contribution is -2.48. The molecule has 26 heavy (non-hydrogen) atoms. The van der Waals surface area contributed by atoms with Gasteiger partial charge in [0, 0.05) is 18.6 Å². The molecule has 0 fully saturated rings. The van der Waals surface area contributed by atoms with Gasteiger partial charge < -0.3 is 4.90 Å². The molecule has 0 saturated carbocycles. The predicted octanol–water partition coefficient (Wildman–Crippen LogP) is 3.46. The fraction of sp³-hybridized carbons (Fsp3) is 0.316. The number of rotatable bonds is 6. The van der Waals surface area contributed by atoms with Crippen LogP contribution in [0, 0.1) is 6.92 Å². The molecule has 0 aliphatic carbocycles. The SMILES string of the molecule is Cc1ccc(CN(C)C(=O)C(C)N(c2cccc(Cl)c2)S(C)(=O)=O)cc1. The van der Waals surface area contributed by atoms with Crippen LogP contribution in [0.3, 0.4) is 0 Å². The number of amides is 1. The molecular formula is C19H23ClN2O3S. The van der Waals surface area contributed by atoms with Gasteiger partial charge in [-0.3, -0.25) is 9.10 Å². The van der Waals surface area contributed by atoms with Crippen molar-refractivity contribution in [1.29, 1.82) is 0 Å². The van der Waals surface area contributed by atoms with Crippen molar-refractivity contribution in [1.82, 2.24) is 4.90 Å². The van der Waals surface area contributed by atoms with E-state index in [1.54, 1.807) is 32.2 Å². The monoisotopic (exact) mass is 394 g/mol. The Kier molecular flexibility index (Phi) is 6.31. The van der Waals surface area contributed by atoms with E-state index in [0.717, 1.165) is 21.7 Å². The molecule has 5 nitrogen and oxygen atoms in total. The molecular weight excluding hydrogens is 372 g/mol. The average Bonchev–Trinajstić information content (AvgIpc) is 2.55. The third-order valence-corrected chi connectivity index (χ3v) is 5.52. The van der Waals surface area contributed by atoms with Crippen molar-refractivity contribution in [2.75, 3.05) is 17.6 Å². The number of hydrogen-bond donors (Lipinski definition) is 0. The van der Waals surface area contributed by atoms with E-state index in [1.165, 1.54) is 11.0 Å². The van der Waals surface area contributed by atoms with Crippen molar-refractivity contribution >= 4 is 33.2 Å². The zero-order chi connectivity index (χ0) is 19.5. The third-order valence-electron chi connectivity index (χ3n) is 4.05. The van der Waals surface area contributed by atoms with E-state index in [9.17, 15) is 13.2 Å². The van der Waals surface area contributed by atoms with Crippen LogP contribution in [0.4, 0.5) is 5.69 Å². The van der Waals surface area contributed by atoms with Gasteiger partial charge in [-0.05, 0) is 37.6 Å². The molecule has 0 radical (unpaired) electrons. The summed E-state index contributed by atoms with van der Waals surface area (Å²) in [5.41, 5.74) is 2.48. The normalized spacial score (nSPS) is 12.5. The molecule has 0 aliphatic rings. The number of halogens is 1. The minimum atomic E-state index is -3.66. The Hall–Kier alpha value is -2.05. The number of carbonyl (C=O) groups excluding carboxylic acids is 1. The Labute approximate surface area is 160 Å². The summed E-state index contributed by atoms with van der Waals surface area (Å²) in [5, 5.41) is 0.406. The fourth-order valence-electron chi connectivity index (χ4n) is 2.78. The maximum absolute atomic E-state index is 12.8. The molecule has 0 spiro atoms. The predicted molar refractivity (Wildman–Crippen MR) is 106 cm³/mol. The number of sulfonamides is 1. The fourth-order valence-corrected chi connectivity index (χ4v) is 4.13. The number of likely N-dealkylation sites (N-methyl/N-ethyl adjacent to an activating group) is 1. The third kappa shape index (κ3) is 4.99. The number of benzene rings is 2. The second kappa shape index (κ2) is 8.10. The van der Waals surface area contributed by atoms with Gasteiger partial charge in [0.1, 0.15) is 6.04 Å². The van der Waals surface area contributed by atoms with E-state index in [-0.39, 0.29) is 5.91 Å². The van der Waals surface area contributed by atoms with E-state index in [2.05, 4.69) is 0 Å². The first kappa shape index (κ1) is 20.3. The van der Waals surface area contributed by atoms with Crippen molar-refractivity contribution in [3.05, 3.63) is 64.7 Å². The molecule has 140 valence electrons. The van der Waals surface area contributed by atoms with Crippen LogP contribution in [0.1, 0.15) is 18.1 Å². The van der Waals surface area contributed by atoms with Crippen molar-refractivity contribution in [3.8, 4) is 0 Å². The minimum Gasteiger partial charge on any atom is -0.340 e. The quantitative estimate of drug-likeness (QED) is 0.753. The number of nitrogens with zero attached hydrogens (tertiary/aromatic N) is 2. The second-order valence-corrected chi connectivity index (χ2v) is 8.69. The van der Waals surface area contributed by atoms with Gasteiger partial charge in [0.2, 0.25) is 15.9 Å². The van der Waals surface area contributed by atoms with Crippen LogP contribution in [0.2, 0.25) is 5.02 Å². The highest BCUT2D eigenvalue weighted by Crippen LogP contribution is 2.25. The highest BCUT2D eigenvalue weighted by molar-refractivity contribution is 7.92. The number of anilines is 1. The van der Waals surface area contributed by atoms with E-state index in [1.807, 2.05) is 31.2 Å². The van der Waals surface area contributed by atoms with Gasteiger partial charge in [0.25, 0.3) is 0 Å². The van der Waals surface area contributed by atoms with Crippen molar-refractivity contribution in [2.24, 2.45) is 0 Å². The van der Waals surface area contributed by atoms with Crippen LogP contribution in [0.15, 0.2) is 48.5 Å². The van der Waals surface area contributed by atoms with Crippen LogP contribution in [-0.4, -0.2) is 38.6 Å². The standard InChI is InChI=1S/C19H23ClN2O3S/c1-14-8-10-16(11-9-14)13-21(3)19(23)15(2)22(26(4,24)25)18-7-5-6-17(20)12-18/h5-12,15H,13H2,1-4H3. The summed E-state index contributed by atoms with van der Waals surface area (Å²) in [6, 6.07) is 13.4. The maximum atomic E-state index is 12.8. The van der Waals surface area contributed by atoms with Crippen LogP contribution in [0.5, 0.6) is 0 Å². The van der Waals surface area contributed by atoms with Gasteiger partial charge in [-0.15, -0.1) is 0 Å². The molecule has 1 atom stereocenters. The lowest BCUT2D eigenvalue weighted by Gasteiger charge is -2.31. The second-order valence-electron chi connectivity index (χ2n) is 6.39. The van der Waals surface area contributed by atoms with Crippen molar-refractivity contribution < 1.29 is 13.2 Å². The van der Waals surface area contributed by atoms with E-state index < -0.39 is 16.1 Å². The summed E-state index contributed by atoms with van der Waals surface area (Å²) in [5.74, 6) is -0.295. The van der Waals surface area contributed by atoms with Crippen LogP contribution in [-0.2, 0) is 21.4 Å². The van der Waals surface area contributed by atoms with Gasteiger partial charge in [-0.2, -0.15) is 0 Å². The Balaban J connectivity index is 2.25. The van der Waals surface area contributed by atoms with Gasteiger partial charge in [-0.1, -0.05) is 47.5 Å². The summed E-state index contributed by atoms with van der Waals surface area (Å²) in [4.78, 5) is 14.4. The topological polar surface area (TPSA) is 57.7 Å². The molecule has 2 rings (SSSR count). The first-order valence-corrected chi connectivity index (χ1v) is 10.4. The summed E-state index contributed by atoms with van der Waals surface area (Å²) in [7, 11) is -2.00. The maximum Gasteiger partial charge on any atom is 0.246 e. The van der Waals surface area contributed by atoms with E-state index >= 15 is 0 Å². The molecule has 7 heteroatoms. The first-order valence-electron chi connectivity index (χ1n) is 8.15. The van der Waals surface area contributed by atoms with Gasteiger partial charge in [0.15, 0.2) is 0 Å².